The predicted molar refractivity (Wildman–Crippen MR) is 134 cm³/mol. The fourth-order valence-corrected chi connectivity index (χ4v) is 5.10. The molecule has 0 amide bonds. The van der Waals surface area contributed by atoms with Crippen molar-refractivity contribution in [2.75, 3.05) is 6.61 Å². The van der Waals surface area contributed by atoms with Crippen LogP contribution >= 0.6 is 11.6 Å². The molecule has 0 bridgehead atoms. The van der Waals surface area contributed by atoms with Crippen molar-refractivity contribution in [3.8, 4) is 0 Å². The molecule has 0 aliphatic heterocycles. The number of pyridine rings is 1. The second-order valence-corrected chi connectivity index (χ2v) is 16.1. The monoisotopic (exact) mass is 479 g/mol. The van der Waals surface area contributed by atoms with Gasteiger partial charge in [-0.15, -0.1) is 0 Å². The number of halogens is 2. The summed E-state index contributed by atoms with van der Waals surface area (Å²) in [6.45, 7) is 14.9. The zero-order valence-electron chi connectivity index (χ0n) is 20.5. The van der Waals surface area contributed by atoms with Crippen LogP contribution in [0.2, 0.25) is 23.2 Å². The summed E-state index contributed by atoms with van der Waals surface area (Å²) < 4.78 is 14.3. The minimum atomic E-state index is -2.31. The summed E-state index contributed by atoms with van der Waals surface area (Å²) in [4.78, 5) is 15.4. The Morgan fingerprint density at radius 2 is 1.75 bits per heavy atom. The molecule has 0 spiro atoms. The van der Waals surface area contributed by atoms with Gasteiger partial charge in [0.05, 0.1) is 11.6 Å². The summed E-state index contributed by atoms with van der Waals surface area (Å²) in [6.07, 6.45) is 3.98. The van der Waals surface area contributed by atoms with Crippen LogP contribution in [0.15, 0.2) is 36.5 Å². The maximum Gasteiger partial charge on any atom is 0.188 e. The third kappa shape index (κ3) is 6.63. The Hall–Kier alpha value is -1.27. The van der Waals surface area contributed by atoms with Crippen molar-refractivity contribution in [2.45, 2.75) is 77.9 Å². The molecule has 3 nitrogen and oxygen atoms in total. The lowest BCUT2D eigenvalue weighted by Gasteiger charge is -2.41. The molecule has 2 aromatic rings. The van der Waals surface area contributed by atoms with E-state index in [4.69, 9.17) is 11.6 Å². The van der Waals surface area contributed by atoms with Crippen molar-refractivity contribution in [2.24, 2.45) is 11.3 Å². The van der Waals surface area contributed by atoms with E-state index in [-0.39, 0.29) is 33.9 Å². The lowest BCUT2D eigenvalue weighted by molar-refractivity contribution is 0.126. The summed E-state index contributed by atoms with van der Waals surface area (Å²) in [5.74, 6) is -0.296. The number of aliphatic hydroxyl groups is 1. The van der Waals surface area contributed by atoms with Gasteiger partial charge < -0.3 is 9.90 Å². The number of aliphatic hydroxyl groups excluding tert-OH is 1. The molecule has 1 aromatic carbocycles. The van der Waals surface area contributed by atoms with E-state index in [1.54, 1.807) is 24.4 Å². The molecule has 2 atom stereocenters. The molecule has 0 saturated carbocycles. The van der Waals surface area contributed by atoms with Crippen molar-refractivity contribution in [3.05, 3.63) is 64.2 Å². The Morgan fingerprint density at radius 3 is 2.25 bits per heavy atom. The molecule has 0 aliphatic rings. The van der Waals surface area contributed by atoms with Crippen molar-refractivity contribution >= 4 is 19.9 Å². The van der Waals surface area contributed by atoms with Gasteiger partial charge >= 0.3 is 0 Å². The molecule has 0 aliphatic carbocycles. The fourth-order valence-electron chi connectivity index (χ4n) is 4.15. The van der Waals surface area contributed by atoms with Crippen molar-refractivity contribution in [3.63, 3.8) is 0 Å². The molecule has 6 heteroatoms. The maximum atomic E-state index is 14.3. The highest BCUT2D eigenvalue weighted by Crippen LogP contribution is 2.46. The van der Waals surface area contributed by atoms with Crippen molar-refractivity contribution in [1.82, 2.24) is 4.98 Å². The van der Waals surface area contributed by atoms with Crippen LogP contribution in [0.3, 0.4) is 0 Å². The zero-order chi connectivity index (χ0) is 24.3. The average Bonchev–Trinajstić information content (AvgIpc) is 2.67. The fraction of sp³-hybridized carbons (Fsp3) is 0.577. The molecule has 2 rings (SSSR count). The first-order valence-corrected chi connectivity index (χ1v) is 14.7. The first-order chi connectivity index (χ1) is 14.7. The Morgan fingerprint density at radius 1 is 1.09 bits per heavy atom. The molecule has 32 heavy (non-hydrogen) atoms. The highest BCUT2D eigenvalue weighted by Gasteiger charge is 2.40. The van der Waals surface area contributed by atoms with Crippen LogP contribution in [-0.4, -0.2) is 29.8 Å². The van der Waals surface area contributed by atoms with Gasteiger partial charge in [0, 0.05) is 24.2 Å². The van der Waals surface area contributed by atoms with Crippen molar-refractivity contribution < 1.29 is 14.3 Å². The van der Waals surface area contributed by atoms with Crippen LogP contribution in [-0.2, 0) is 6.42 Å². The van der Waals surface area contributed by atoms with E-state index in [0.717, 1.165) is 24.1 Å². The molecule has 1 aromatic heterocycles. The molecule has 0 fully saturated rings. The molecule has 1 unspecified atom stereocenters. The van der Waals surface area contributed by atoms with Gasteiger partial charge in [-0.25, -0.2) is 4.39 Å². The molecule has 0 saturated heterocycles. The highest BCUT2D eigenvalue weighted by molar-refractivity contribution is 6.72. The molecule has 2 N–H and O–H groups in total. The summed E-state index contributed by atoms with van der Waals surface area (Å²) in [6, 6.07) is 8.93. The largest absolute Gasteiger partial charge is 0.432 e. The van der Waals surface area contributed by atoms with Gasteiger partial charge in [0.15, 0.2) is 8.32 Å². The quantitative estimate of drug-likeness (QED) is 0.382. The third-order valence-corrected chi connectivity index (χ3v) is 11.0. The number of nitrogens with zero attached hydrogens (tertiary/aromatic N) is 1. The molecular formula is C26H39ClFNO2Si. The molecule has 1 heterocycles. The molecule has 0 radical (unpaired) electrons. The van der Waals surface area contributed by atoms with Crippen LogP contribution in [0.1, 0.15) is 70.2 Å². The highest BCUT2D eigenvalue weighted by atomic mass is 35.5. The van der Waals surface area contributed by atoms with Crippen LogP contribution in [0, 0.1) is 17.2 Å². The number of hydrogen-bond acceptors (Lipinski definition) is 3. The second kappa shape index (κ2) is 10.3. The first kappa shape index (κ1) is 27.0. The van der Waals surface area contributed by atoms with E-state index >= 15 is 0 Å². The topological polar surface area (TPSA) is 53.4 Å². The number of hydrogen-bond donors (Lipinski definition) is 2. The minimum absolute atomic E-state index is 0.0115. The van der Waals surface area contributed by atoms with Crippen LogP contribution in [0.25, 0.3) is 0 Å². The average molecular weight is 480 g/mol. The Kier molecular flexibility index (Phi) is 8.71. The van der Waals surface area contributed by atoms with E-state index in [9.17, 15) is 14.3 Å². The number of aromatic nitrogens is 1. The van der Waals surface area contributed by atoms with E-state index in [2.05, 4.69) is 39.6 Å². The normalized spacial score (nSPS) is 15.0. The third-order valence-electron chi connectivity index (χ3n) is 7.18. The van der Waals surface area contributed by atoms with Gasteiger partial charge in [0.1, 0.15) is 5.82 Å². The summed E-state index contributed by atoms with van der Waals surface area (Å²) in [5.41, 5.74) is 2.25. The van der Waals surface area contributed by atoms with E-state index in [0.29, 0.717) is 12.0 Å². The Labute approximate surface area is 199 Å². The first-order valence-electron chi connectivity index (χ1n) is 11.4. The van der Waals surface area contributed by atoms with Gasteiger partial charge in [-0.05, 0) is 65.6 Å². The Balaban J connectivity index is 2.24. The predicted octanol–water partition coefficient (Wildman–Crippen LogP) is 6.96. The van der Waals surface area contributed by atoms with Gasteiger partial charge in [0.2, 0.25) is 0 Å². The molecule has 178 valence electrons. The van der Waals surface area contributed by atoms with Gasteiger partial charge in [-0.3, -0.25) is 4.98 Å². The number of benzene rings is 1. The zero-order valence-corrected chi connectivity index (χ0v) is 22.3. The smallest absolute Gasteiger partial charge is 0.188 e. The minimum Gasteiger partial charge on any atom is -0.432 e. The van der Waals surface area contributed by atoms with Crippen molar-refractivity contribution in [1.29, 1.82) is 0 Å². The summed E-state index contributed by atoms with van der Waals surface area (Å²) in [5, 5.41) is 10.3. The standard InChI is InChI=1S/C26H39ClFNO2Si/c1-25(2,3)21(13-14-26(4,5)32(6,7)31)20(17-30)23-12-11-18(16-29-23)15-19-9-8-10-22(27)24(19)28/h8-12,16,20-21,30-31H,13-15,17H2,1-7H3/t20?,21-/m0/s1. The second-order valence-electron chi connectivity index (χ2n) is 11.2. The van der Waals surface area contributed by atoms with Gasteiger partial charge in [-0.2, -0.15) is 0 Å². The molecular weight excluding hydrogens is 441 g/mol. The van der Waals surface area contributed by atoms with Crippen LogP contribution in [0.4, 0.5) is 4.39 Å². The summed E-state index contributed by atoms with van der Waals surface area (Å²) in [7, 11) is -2.31. The van der Waals surface area contributed by atoms with Gasteiger partial charge in [-0.1, -0.05) is 64.4 Å². The van der Waals surface area contributed by atoms with Crippen LogP contribution in [0.5, 0.6) is 0 Å². The number of rotatable bonds is 9. The lowest BCUT2D eigenvalue weighted by atomic mass is 9.69. The van der Waals surface area contributed by atoms with E-state index in [1.807, 2.05) is 25.2 Å². The SMILES string of the molecule is CC(C)(C)[C@@H](CCC(C)(C)[Si](C)(C)O)C(CO)c1ccc(Cc2cccc(Cl)c2F)cn1. The Bertz CT molecular complexity index is 888. The van der Waals surface area contributed by atoms with E-state index in [1.165, 1.54) is 0 Å². The summed E-state index contributed by atoms with van der Waals surface area (Å²) >= 11 is 5.90. The van der Waals surface area contributed by atoms with Gasteiger partial charge in [0.25, 0.3) is 0 Å². The van der Waals surface area contributed by atoms with E-state index < -0.39 is 14.1 Å². The van der Waals surface area contributed by atoms with Crippen LogP contribution < -0.4 is 0 Å². The lowest BCUT2D eigenvalue weighted by Crippen LogP contribution is -2.40. The maximum absolute atomic E-state index is 14.3.